The van der Waals surface area contributed by atoms with Crippen LogP contribution in [-0.4, -0.2) is 24.2 Å². The minimum atomic E-state index is -0.235. The molecule has 5 nitrogen and oxygen atoms in total. The highest BCUT2D eigenvalue weighted by molar-refractivity contribution is 8.00. The second kappa shape index (κ2) is 7.40. The number of thioether (sulfide) groups is 1. The molecule has 0 aromatic heterocycles. The number of hydrogen-bond donors (Lipinski definition) is 1. The molecule has 0 unspecified atom stereocenters. The van der Waals surface area contributed by atoms with Crippen LogP contribution in [0.4, 0.5) is 0 Å². The Morgan fingerprint density at radius 2 is 1.96 bits per heavy atom. The van der Waals surface area contributed by atoms with E-state index in [0.717, 1.165) is 16.2 Å². The summed E-state index contributed by atoms with van der Waals surface area (Å²) in [5.74, 6) is 1.27. The van der Waals surface area contributed by atoms with Crippen molar-refractivity contribution in [2.45, 2.75) is 24.0 Å². The van der Waals surface area contributed by atoms with E-state index in [1.54, 1.807) is 6.21 Å². The fourth-order valence-corrected chi connectivity index (χ4v) is 2.99. The summed E-state index contributed by atoms with van der Waals surface area (Å²) in [6.45, 7) is 4.13. The van der Waals surface area contributed by atoms with E-state index < -0.39 is 0 Å². The van der Waals surface area contributed by atoms with Crippen molar-refractivity contribution in [3.63, 3.8) is 0 Å². The quantitative estimate of drug-likeness (QED) is 0.514. The first kappa shape index (κ1) is 16.4. The van der Waals surface area contributed by atoms with Gasteiger partial charge in [-0.3, -0.25) is 4.79 Å². The van der Waals surface area contributed by atoms with Gasteiger partial charge >= 0.3 is 0 Å². The van der Waals surface area contributed by atoms with E-state index in [0.29, 0.717) is 5.75 Å². The van der Waals surface area contributed by atoms with Crippen LogP contribution in [-0.2, 0) is 4.79 Å². The lowest BCUT2D eigenvalue weighted by atomic mass is 10.2. The van der Waals surface area contributed by atoms with E-state index in [9.17, 15) is 4.79 Å². The van der Waals surface area contributed by atoms with Crippen molar-refractivity contribution < 1.29 is 14.3 Å². The summed E-state index contributed by atoms with van der Waals surface area (Å²) in [6.07, 6.45) is 1.59. The van der Waals surface area contributed by atoms with Crippen LogP contribution in [0, 0.1) is 6.92 Å². The van der Waals surface area contributed by atoms with Crippen LogP contribution in [0.25, 0.3) is 0 Å². The van der Waals surface area contributed by atoms with Crippen molar-refractivity contribution in [3.8, 4) is 11.5 Å². The Balaban J connectivity index is 1.53. The van der Waals surface area contributed by atoms with Gasteiger partial charge in [0.1, 0.15) is 0 Å². The van der Waals surface area contributed by atoms with Gasteiger partial charge in [0.15, 0.2) is 11.5 Å². The monoisotopic (exact) mass is 342 g/mol. The number of amides is 1. The first-order valence-corrected chi connectivity index (χ1v) is 8.46. The number of rotatable bonds is 5. The van der Waals surface area contributed by atoms with Crippen LogP contribution in [0.3, 0.4) is 0 Å². The van der Waals surface area contributed by atoms with Gasteiger partial charge in [-0.25, -0.2) is 5.43 Å². The highest BCUT2D eigenvalue weighted by atomic mass is 32.2. The van der Waals surface area contributed by atoms with Crippen LogP contribution >= 0.6 is 11.8 Å². The lowest BCUT2D eigenvalue weighted by molar-refractivity contribution is -0.120. The van der Waals surface area contributed by atoms with E-state index in [4.69, 9.17) is 9.47 Å². The first-order chi connectivity index (χ1) is 11.6. The lowest BCUT2D eigenvalue weighted by Gasteiger charge is -2.09. The maximum Gasteiger partial charge on any atom is 0.253 e. The molecule has 0 bridgehead atoms. The summed E-state index contributed by atoms with van der Waals surface area (Å²) < 4.78 is 10.6. The standard InChI is InChI=1S/C18H18N2O3S/c1-12-3-6-15(7-4-12)24-13(2)18(21)20-19-10-14-5-8-16-17(9-14)23-11-22-16/h3-10,13H,11H2,1-2H3,(H,20,21)/b19-10-/t13-/m1/s1. The van der Waals surface area contributed by atoms with Crippen LogP contribution in [0.15, 0.2) is 52.5 Å². The number of ether oxygens (including phenoxy) is 2. The molecule has 6 heteroatoms. The third-order valence-corrected chi connectivity index (χ3v) is 4.60. The van der Waals surface area contributed by atoms with Gasteiger partial charge in [-0.1, -0.05) is 17.7 Å². The molecule has 3 rings (SSSR count). The molecule has 0 aliphatic carbocycles. The van der Waals surface area contributed by atoms with Crippen molar-refractivity contribution in [3.05, 3.63) is 53.6 Å². The van der Waals surface area contributed by atoms with Crippen LogP contribution in [0.1, 0.15) is 18.1 Å². The van der Waals surface area contributed by atoms with Crippen molar-refractivity contribution in [1.82, 2.24) is 5.43 Å². The smallest absolute Gasteiger partial charge is 0.253 e. The van der Waals surface area contributed by atoms with Crippen molar-refractivity contribution >= 4 is 23.9 Å². The van der Waals surface area contributed by atoms with Crippen LogP contribution in [0.2, 0.25) is 0 Å². The van der Waals surface area contributed by atoms with Gasteiger partial charge in [-0.15, -0.1) is 11.8 Å². The molecule has 1 N–H and O–H groups in total. The molecule has 1 aliphatic heterocycles. The summed E-state index contributed by atoms with van der Waals surface area (Å²) in [6, 6.07) is 13.6. The van der Waals surface area contributed by atoms with Gasteiger partial charge in [-0.2, -0.15) is 5.10 Å². The number of benzene rings is 2. The zero-order valence-corrected chi connectivity index (χ0v) is 14.3. The third-order valence-electron chi connectivity index (χ3n) is 3.49. The largest absolute Gasteiger partial charge is 0.454 e. The van der Waals surface area contributed by atoms with Gasteiger partial charge in [0.05, 0.1) is 11.5 Å². The molecule has 0 spiro atoms. The number of nitrogens with zero attached hydrogens (tertiary/aromatic N) is 1. The van der Waals surface area contributed by atoms with Crippen molar-refractivity contribution in [2.24, 2.45) is 5.10 Å². The molecule has 0 saturated heterocycles. The fraction of sp³-hybridized carbons (Fsp3) is 0.222. The Morgan fingerprint density at radius 3 is 2.75 bits per heavy atom. The Labute approximate surface area is 145 Å². The number of hydrazone groups is 1. The minimum Gasteiger partial charge on any atom is -0.454 e. The molecule has 1 amide bonds. The number of carbonyl (C=O) groups excluding carboxylic acids is 1. The third kappa shape index (κ3) is 4.08. The number of hydrogen-bond acceptors (Lipinski definition) is 5. The first-order valence-electron chi connectivity index (χ1n) is 7.58. The zero-order chi connectivity index (χ0) is 16.9. The molecule has 24 heavy (non-hydrogen) atoms. The Morgan fingerprint density at radius 1 is 1.21 bits per heavy atom. The summed E-state index contributed by atoms with van der Waals surface area (Å²) in [4.78, 5) is 13.2. The van der Waals surface area contributed by atoms with Crippen LogP contribution < -0.4 is 14.9 Å². The summed E-state index contributed by atoms with van der Waals surface area (Å²) in [5.41, 5.74) is 4.60. The second-order valence-corrected chi connectivity index (χ2v) is 6.83. The molecule has 1 aliphatic rings. The Kier molecular flexibility index (Phi) is 5.05. The topological polar surface area (TPSA) is 59.9 Å². The fourth-order valence-electron chi connectivity index (χ4n) is 2.13. The predicted molar refractivity (Wildman–Crippen MR) is 94.8 cm³/mol. The van der Waals surface area contributed by atoms with Gasteiger partial charge < -0.3 is 9.47 Å². The lowest BCUT2D eigenvalue weighted by Crippen LogP contribution is -2.26. The van der Waals surface area contributed by atoms with Gasteiger partial charge in [0.25, 0.3) is 5.91 Å². The molecule has 0 saturated carbocycles. The summed E-state index contributed by atoms with van der Waals surface area (Å²) in [5, 5.41) is 3.77. The molecule has 0 fully saturated rings. The number of fused-ring (bicyclic) bond motifs is 1. The van der Waals surface area contributed by atoms with Gasteiger partial charge in [0, 0.05) is 4.90 Å². The van der Waals surface area contributed by atoms with E-state index in [1.165, 1.54) is 17.3 Å². The average Bonchev–Trinajstić information content (AvgIpc) is 3.04. The van der Waals surface area contributed by atoms with Crippen LogP contribution in [0.5, 0.6) is 11.5 Å². The highest BCUT2D eigenvalue weighted by Gasteiger charge is 2.14. The minimum absolute atomic E-state index is 0.141. The summed E-state index contributed by atoms with van der Waals surface area (Å²) in [7, 11) is 0. The predicted octanol–water partition coefficient (Wildman–Crippen LogP) is 3.35. The maximum atomic E-state index is 12.1. The SMILES string of the molecule is Cc1ccc(S[C@H](C)C(=O)N/N=C\c2ccc3c(c2)OCO3)cc1. The normalized spacial score (nSPS) is 13.9. The molecular weight excluding hydrogens is 324 g/mol. The number of nitrogens with one attached hydrogen (secondary N) is 1. The molecule has 1 atom stereocenters. The Hall–Kier alpha value is -2.47. The second-order valence-electron chi connectivity index (χ2n) is 5.42. The Bertz CT molecular complexity index is 759. The molecule has 2 aromatic rings. The van der Waals surface area contributed by atoms with E-state index in [2.05, 4.69) is 10.5 Å². The number of aryl methyl sites for hydroxylation is 1. The van der Waals surface area contributed by atoms with Gasteiger partial charge in [-0.05, 0) is 49.7 Å². The molecule has 2 aromatic carbocycles. The van der Waals surface area contributed by atoms with Gasteiger partial charge in [0.2, 0.25) is 6.79 Å². The highest BCUT2D eigenvalue weighted by Crippen LogP contribution is 2.32. The van der Waals surface area contributed by atoms with Crippen molar-refractivity contribution in [2.75, 3.05) is 6.79 Å². The van der Waals surface area contributed by atoms with E-state index >= 15 is 0 Å². The average molecular weight is 342 g/mol. The van der Waals surface area contributed by atoms with E-state index in [-0.39, 0.29) is 18.0 Å². The zero-order valence-electron chi connectivity index (χ0n) is 13.5. The number of carbonyl (C=O) groups is 1. The molecule has 1 heterocycles. The maximum absolute atomic E-state index is 12.1. The molecule has 0 radical (unpaired) electrons. The molecule has 124 valence electrons. The summed E-state index contributed by atoms with van der Waals surface area (Å²) >= 11 is 1.50. The van der Waals surface area contributed by atoms with E-state index in [1.807, 2.05) is 56.3 Å². The molecular formula is C18H18N2O3S. The van der Waals surface area contributed by atoms with Crippen molar-refractivity contribution in [1.29, 1.82) is 0 Å².